The second-order valence-corrected chi connectivity index (χ2v) is 6.27. The zero-order chi connectivity index (χ0) is 19.5. The van der Waals surface area contributed by atoms with Gasteiger partial charge in [-0.05, 0) is 29.3 Å². The molecule has 0 aromatic heterocycles. The summed E-state index contributed by atoms with van der Waals surface area (Å²) < 4.78 is 10.6. The van der Waals surface area contributed by atoms with Gasteiger partial charge in [-0.1, -0.05) is 36.4 Å². The number of guanidine groups is 1. The van der Waals surface area contributed by atoms with E-state index < -0.39 is 12.0 Å². The molecule has 0 aliphatic carbocycles. The Labute approximate surface area is 160 Å². The van der Waals surface area contributed by atoms with Crippen LogP contribution in [0.5, 0.6) is 11.5 Å². The molecule has 8 heteroatoms. The van der Waals surface area contributed by atoms with Gasteiger partial charge < -0.3 is 19.9 Å². The normalized spacial score (nSPS) is 18.8. The van der Waals surface area contributed by atoms with Crippen LogP contribution in [0.4, 0.5) is 0 Å². The molecule has 1 atom stereocenters. The van der Waals surface area contributed by atoms with Crippen molar-refractivity contribution in [2.24, 2.45) is 4.99 Å². The molecule has 0 bridgehead atoms. The number of amides is 1. The second kappa shape index (κ2) is 7.43. The summed E-state index contributed by atoms with van der Waals surface area (Å²) in [5, 5.41) is 14.9. The Bertz CT molecular complexity index is 985. The average Bonchev–Trinajstić information content (AvgIpc) is 3.28. The van der Waals surface area contributed by atoms with Gasteiger partial charge in [0.15, 0.2) is 17.5 Å². The highest BCUT2D eigenvalue weighted by atomic mass is 16.7. The van der Waals surface area contributed by atoms with Crippen molar-refractivity contribution in [2.45, 2.75) is 12.5 Å². The lowest BCUT2D eigenvalue weighted by atomic mass is 10.1. The summed E-state index contributed by atoms with van der Waals surface area (Å²) in [6, 6.07) is 13.5. The molecule has 2 aliphatic heterocycles. The molecule has 2 aromatic carbocycles. The summed E-state index contributed by atoms with van der Waals surface area (Å²) in [7, 11) is 0. The topological polar surface area (TPSA) is 109 Å². The van der Waals surface area contributed by atoms with Gasteiger partial charge in [0.05, 0.1) is 0 Å². The molecule has 1 fully saturated rings. The molecule has 0 saturated carbocycles. The maximum absolute atomic E-state index is 12.2. The number of carbonyl (C=O) groups excluding carboxylic acids is 1. The molecule has 28 heavy (non-hydrogen) atoms. The average molecular weight is 379 g/mol. The molecule has 2 aliphatic rings. The van der Waals surface area contributed by atoms with E-state index in [1.807, 2.05) is 30.3 Å². The Balaban J connectivity index is 1.52. The van der Waals surface area contributed by atoms with Crippen molar-refractivity contribution in [3.63, 3.8) is 0 Å². The quantitative estimate of drug-likeness (QED) is 0.680. The molecular formula is C20H17N3O5. The first-order valence-electron chi connectivity index (χ1n) is 8.63. The smallest absolute Gasteiger partial charge is 0.328 e. The molecule has 3 N–H and O–H groups in total. The number of benzene rings is 2. The Morgan fingerprint density at radius 2 is 1.93 bits per heavy atom. The summed E-state index contributed by atoms with van der Waals surface area (Å²) in [6.45, 7) is 0.170. The van der Waals surface area contributed by atoms with E-state index in [9.17, 15) is 14.7 Å². The van der Waals surface area contributed by atoms with Crippen molar-refractivity contribution >= 4 is 23.9 Å². The van der Waals surface area contributed by atoms with Crippen molar-refractivity contribution in [3.05, 3.63) is 65.4 Å². The monoisotopic (exact) mass is 379 g/mol. The van der Waals surface area contributed by atoms with Crippen LogP contribution in [0, 0.1) is 0 Å². The zero-order valence-electron chi connectivity index (χ0n) is 14.7. The number of ether oxygens (including phenoxy) is 2. The number of nitrogens with zero attached hydrogens (tertiary/aromatic N) is 1. The fourth-order valence-electron chi connectivity index (χ4n) is 2.91. The Morgan fingerprint density at radius 3 is 2.71 bits per heavy atom. The molecule has 0 spiro atoms. The van der Waals surface area contributed by atoms with Crippen LogP contribution in [0.1, 0.15) is 11.1 Å². The summed E-state index contributed by atoms with van der Waals surface area (Å²) in [4.78, 5) is 27.9. The third-order valence-electron chi connectivity index (χ3n) is 4.28. The van der Waals surface area contributed by atoms with Gasteiger partial charge in [-0.3, -0.25) is 10.1 Å². The van der Waals surface area contributed by atoms with Gasteiger partial charge >= 0.3 is 5.97 Å². The highest BCUT2D eigenvalue weighted by Gasteiger charge is 2.25. The van der Waals surface area contributed by atoms with E-state index in [1.54, 1.807) is 24.3 Å². The third kappa shape index (κ3) is 3.80. The molecule has 1 saturated heterocycles. The third-order valence-corrected chi connectivity index (χ3v) is 4.28. The van der Waals surface area contributed by atoms with Crippen LogP contribution >= 0.6 is 0 Å². The van der Waals surface area contributed by atoms with Crippen molar-refractivity contribution < 1.29 is 24.2 Å². The molecule has 4 rings (SSSR count). The van der Waals surface area contributed by atoms with Gasteiger partial charge in [0.2, 0.25) is 12.8 Å². The standard InChI is InChI=1S/C20H17N3O5/c24-18-14(9-13-6-7-16-17(10-13)28-11-27-16)21-20(23-18)22-15(19(25)26)8-12-4-2-1-3-5-12/h1-7,9-10,15H,8,11H2,(H,25,26)(H2,21,22,23,24)/b14-9-. The van der Waals surface area contributed by atoms with Crippen molar-refractivity contribution in [1.29, 1.82) is 0 Å². The lowest BCUT2D eigenvalue weighted by Gasteiger charge is -2.09. The molecule has 8 nitrogen and oxygen atoms in total. The Kier molecular flexibility index (Phi) is 4.67. The van der Waals surface area contributed by atoms with Gasteiger partial charge in [-0.2, -0.15) is 0 Å². The number of carboxylic acid groups (broad SMARTS) is 1. The lowest BCUT2D eigenvalue weighted by molar-refractivity contribution is -0.138. The number of aliphatic imine (C=N–C) groups is 1. The van der Waals surface area contributed by atoms with E-state index in [-0.39, 0.29) is 30.8 Å². The SMILES string of the molecule is O=C1NC(=NC(Cc2ccccc2)C(=O)O)N/C1=C\c1ccc2c(c1)OCO2. The second-order valence-electron chi connectivity index (χ2n) is 6.27. The van der Waals surface area contributed by atoms with Crippen LogP contribution < -0.4 is 20.1 Å². The molecule has 2 heterocycles. The predicted molar refractivity (Wildman–Crippen MR) is 101 cm³/mol. The van der Waals surface area contributed by atoms with E-state index in [1.165, 1.54) is 0 Å². The number of nitrogens with one attached hydrogen (secondary N) is 2. The minimum absolute atomic E-state index is 0.111. The summed E-state index contributed by atoms with van der Waals surface area (Å²) in [5.74, 6) is -0.0879. The van der Waals surface area contributed by atoms with Crippen molar-refractivity contribution in [3.8, 4) is 11.5 Å². The van der Waals surface area contributed by atoms with Gasteiger partial charge in [0.25, 0.3) is 5.91 Å². The Hall–Kier alpha value is -3.81. The highest BCUT2D eigenvalue weighted by molar-refractivity contribution is 6.15. The van der Waals surface area contributed by atoms with E-state index in [2.05, 4.69) is 15.6 Å². The molecule has 1 unspecified atom stereocenters. The summed E-state index contributed by atoms with van der Waals surface area (Å²) >= 11 is 0. The number of aliphatic carboxylic acids is 1. The van der Waals surface area contributed by atoms with Crippen LogP contribution in [-0.2, 0) is 16.0 Å². The van der Waals surface area contributed by atoms with Crippen LogP contribution in [-0.4, -0.2) is 35.8 Å². The fourth-order valence-corrected chi connectivity index (χ4v) is 2.91. The van der Waals surface area contributed by atoms with Gasteiger partial charge in [0.1, 0.15) is 5.70 Å². The lowest BCUT2D eigenvalue weighted by Crippen LogP contribution is -2.31. The van der Waals surface area contributed by atoms with Crippen LogP contribution in [0.25, 0.3) is 6.08 Å². The van der Waals surface area contributed by atoms with Crippen molar-refractivity contribution in [2.75, 3.05) is 6.79 Å². The predicted octanol–water partition coefficient (Wildman–Crippen LogP) is 1.53. The van der Waals surface area contributed by atoms with E-state index in [0.717, 1.165) is 11.1 Å². The maximum Gasteiger partial charge on any atom is 0.328 e. The summed E-state index contributed by atoms with van der Waals surface area (Å²) in [5.41, 5.74) is 1.85. The minimum atomic E-state index is -1.07. The van der Waals surface area contributed by atoms with E-state index in [0.29, 0.717) is 11.5 Å². The molecule has 0 radical (unpaired) electrons. The van der Waals surface area contributed by atoms with E-state index in [4.69, 9.17) is 9.47 Å². The Morgan fingerprint density at radius 1 is 1.14 bits per heavy atom. The summed E-state index contributed by atoms with van der Waals surface area (Å²) in [6.07, 6.45) is 1.85. The zero-order valence-corrected chi connectivity index (χ0v) is 14.7. The molecule has 142 valence electrons. The maximum atomic E-state index is 12.2. The van der Waals surface area contributed by atoms with Gasteiger partial charge in [-0.25, -0.2) is 9.79 Å². The molecular weight excluding hydrogens is 362 g/mol. The first-order valence-corrected chi connectivity index (χ1v) is 8.63. The fraction of sp³-hybridized carbons (Fsp3) is 0.150. The number of hydrogen-bond acceptors (Lipinski definition) is 5. The van der Waals surface area contributed by atoms with Crippen LogP contribution in [0.15, 0.2) is 59.2 Å². The van der Waals surface area contributed by atoms with E-state index >= 15 is 0 Å². The number of fused-ring (bicyclic) bond motifs is 1. The van der Waals surface area contributed by atoms with Crippen molar-refractivity contribution in [1.82, 2.24) is 10.6 Å². The number of carboxylic acids is 1. The van der Waals surface area contributed by atoms with Gasteiger partial charge in [-0.15, -0.1) is 0 Å². The highest BCUT2D eigenvalue weighted by Crippen LogP contribution is 2.33. The first kappa shape index (κ1) is 17.6. The largest absolute Gasteiger partial charge is 0.480 e. The molecule has 2 aromatic rings. The minimum Gasteiger partial charge on any atom is -0.480 e. The number of carbonyl (C=O) groups is 2. The van der Waals surface area contributed by atoms with Crippen LogP contribution in [0.3, 0.4) is 0 Å². The van der Waals surface area contributed by atoms with Crippen LogP contribution in [0.2, 0.25) is 0 Å². The number of hydrogen-bond donors (Lipinski definition) is 3. The molecule has 1 amide bonds. The first-order chi connectivity index (χ1) is 13.6. The number of rotatable bonds is 5. The van der Waals surface area contributed by atoms with Gasteiger partial charge in [0, 0.05) is 6.42 Å².